The zero-order valence-electron chi connectivity index (χ0n) is 11.1. The largest absolute Gasteiger partial charge is 0.491 e. The van der Waals surface area contributed by atoms with Crippen molar-refractivity contribution in [3.63, 3.8) is 0 Å². The lowest BCUT2D eigenvalue weighted by atomic mass is 9.93. The van der Waals surface area contributed by atoms with Gasteiger partial charge in [-0.05, 0) is 32.4 Å². The average Bonchev–Trinajstić information content (AvgIpc) is 2.34. The van der Waals surface area contributed by atoms with E-state index in [1.165, 1.54) is 0 Å². The number of benzene rings is 1. The van der Waals surface area contributed by atoms with Gasteiger partial charge in [0.2, 0.25) is 0 Å². The Morgan fingerprint density at radius 3 is 2.72 bits per heavy atom. The minimum absolute atomic E-state index is 0.0215. The molecular weight excluding hydrogens is 226 g/mol. The van der Waals surface area contributed by atoms with E-state index in [9.17, 15) is 4.79 Å². The summed E-state index contributed by atoms with van der Waals surface area (Å²) in [7, 11) is 0. The number of nitriles is 1. The Morgan fingerprint density at radius 2 is 2.17 bits per heavy atom. The summed E-state index contributed by atoms with van der Waals surface area (Å²) in [6.45, 7) is 5.81. The van der Waals surface area contributed by atoms with E-state index >= 15 is 0 Å². The number of Topliss-reactive ketones (excluding diaryl/α,β-unsaturated/α-hetero) is 1. The molecular formula is C15H19NO2. The number of nitrogens with zero attached hydrogens (tertiary/aromatic N) is 1. The van der Waals surface area contributed by atoms with Crippen LogP contribution in [-0.2, 0) is 0 Å². The molecule has 0 bridgehead atoms. The summed E-state index contributed by atoms with van der Waals surface area (Å²) in [5, 5.41) is 8.71. The normalized spacial score (nSPS) is 11.9. The second kappa shape index (κ2) is 6.80. The number of carbonyl (C=O) groups is 1. The van der Waals surface area contributed by atoms with Gasteiger partial charge in [-0.25, -0.2) is 0 Å². The lowest BCUT2D eigenvalue weighted by Crippen LogP contribution is -2.14. The van der Waals surface area contributed by atoms with Crippen LogP contribution in [0, 0.1) is 17.2 Å². The van der Waals surface area contributed by atoms with Crippen molar-refractivity contribution < 1.29 is 9.53 Å². The molecule has 1 aromatic carbocycles. The summed E-state index contributed by atoms with van der Waals surface area (Å²) >= 11 is 0. The molecule has 0 fully saturated rings. The molecule has 0 spiro atoms. The highest BCUT2D eigenvalue weighted by molar-refractivity contribution is 5.98. The lowest BCUT2D eigenvalue weighted by Gasteiger charge is -2.13. The molecule has 1 rings (SSSR count). The van der Waals surface area contributed by atoms with Crippen molar-refractivity contribution in [1.29, 1.82) is 5.26 Å². The van der Waals surface area contributed by atoms with E-state index in [0.29, 0.717) is 17.7 Å². The Balaban J connectivity index is 2.89. The van der Waals surface area contributed by atoms with Gasteiger partial charge in [0.1, 0.15) is 5.75 Å². The lowest BCUT2D eigenvalue weighted by molar-refractivity contribution is 0.0918. The van der Waals surface area contributed by atoms with Crippen LogP contribution in [-0.4, -0.2) is 11.9 Å². The van der Waals surface area contributed by atoms with Crippen molar-refractivity contribution >= 4 is 5.78 Å². The first-order valence-electron chi connectivity index (χ1n) is 6.26. The molecule has 96 valence electrons. The van der Waals surface area contributed by atoms with Gasteiger partial charge in [-0.3, -0.25) is 4.79 Å². The number of ketones is 1. The molecule has 0 saturated carbocycles. The maximum absolute atomic E-state index is 12.2. The van der Waals surface area contributed by atoms with Crippen molar-refractivity contribution in [2.45, 2.75) is 39.7 Å². The van der Waals surface area contributed by atoms with Gasteiger partial charge in [0.25, 0.3) is 0 Å². The first kappa shape index (κ1) is 14.2. The quantitative estimate of drug-likeness (QED) is 0.719. The molecule has 0 aliphatic rings. The van der Waals surface area contributed by atoms with E-state index in [4.69, 9.17) is 10.00 Å². The van der Waals surface area contributed by atoms with Gasteiger partial charge in [-0.2, -0.15) is 5.26 Å². The minimum atomic E-state index is -0.218. The molecule has 1 unspecified atom stereocenters. The van der Waals surface area contributed by atoms with Crippen LogP contribution < -0.4 is 4.74 Å². The fourth-order valence-corrected chi connectivity index (χ4v) is 1.76. The molecule has 0 N–H and O–H groups in total. The Morgan fingerprint density at radius 1 is 1.44 bits per heavy atom. The number of hydrogen-bond donors (Lipinski definition) is 0. The van der Waals surface area contributed by atoms with Gasteiger partial charge in [0, 0.05) is 17.9 Å². The van der Waals surface area contributed by atoms with E-state index in [1.807, 2.05) is 32.9 Å². The van der Waals surface area contributed by atoms with Gasteiger partial charge in [0.15, 0.2) is 5.78 Å². The van der Waals surface area contributed by atoms with Gasteiger partial charge in [-0.1, -0.05) is 19.1 Å². The molecule has 3 nitrogen and oxygen atoms in total. The standard InChI is InChI=1S/C15H19NO2/c1-4-12(8-9-16)15(17)13-6-5-7-14(10-13)18-11(2)3/h5-7,10-12H,4,8H2,1-3H3. The Hall–Kier alpha value is -1.82. The SMILES string of the molecule is CCC(CC#N)C(=O)c1cccc(OC(C)C)c1. The molecule has 1 aromatic rings. The topological polar surface area (TPSA) is 50.1 Å². The molecule has 0 aromatic heterocycles. The molecule has 0 heterocycles. The molecule has 1 atom stereocenters. The Labute approximate surface area is 108 Å². The van der Waals surface area contributed by atoms with Crippen molar-refractivity contribution in [2.75, 3.05) is 0 Å². The van der Waals surface area contributed by atoms with Crippen LogP contribution in [0.3, 0.4) is 0 Å². The highest BCUT2D eigenvalue weighted by atomic mass is 16.5. The van der Waals surface area contributed by atoms with Gasteiger partial charge in [-0.15, -0.1) is 0 Å². The maximum Gasteiger partial charge on any atom is 0.167 e. The van der Waals surface area contributed by atoms with E-state index in [1.54, 1.807) is 12.1 Å². The molecule has 0 amide bonds. The number of hydrogen-bond acceptors (Lipinski definition) is 3. The average molecular weight is 245 g/mol. The van der Waals surface area contributed by atoms with E-state index < -0.39 is 0 Å². The van der Waals surface area contributed by atoms with E-state index in [0.717, 1.165) is 0 Å². The van der Waals surface area contributed by atoms with Crippen molar-refractivity contribution in [1.82, 2.24) is 0 Å². The molecule has 0 aliphatic heterocycles. The second-order valence-electron chi connectivity index (χ2n) is 4.53. The summed E-state index contributed by atoms with van der Waals surface area (Å²) < 4.78 is 5.56. The minimum Gasteiger partial charge on any atom is -0.491 e. The van der Waals surface area contributed by atoms with E-state index in [2.05, 4.69) is 6.07 Å². The summed E-state index contributed by atoms with van der Waals surface area (Å²) in [4.78, 5) is 12.2. The smallest absolute Gasteiger partial charge is 0.167 e. The molecule has 0 radical (unpaired) electrons. The fraction of sp³-hybridized carbons (Fsp3) is 0.467. The third kappa shape index (κ3) is 3.89. The molecule has 0 saturated heterocycles. The molecule has 18 heavy (non-hydrogen) atoms. The Kier molecular flexibility index (Phi) is 5.38. The number of ether oxygens (including phenoxy) is 1. The zero-order chi connectivity index (χ0) is 13.5. The monoisotopic (exact) mass is 245 g/mol. The first-order valence-corrected chi connectivity index (χ1v) is 6.26. The van der Waals surface area contributed by atoms with Crippen LogP contribution in [0.15, 0.2) is 24.3 Å². The summed E-state index contributed by atoms with van der Waals surface area (Å²) in [5.41, 5.74) is 0.621. The summed E-state index contributed by atoms with van der Waals surface area (Å²) in [6, 6.07) is 9.23. The summed E-state index contributed by atoms with van der Waals surface area (Å²) in [6.07, 6.45) is 1.03. The molecule has 3 heteroatoms. The van der Waals surface area contributed by atoms with Gasteiger partial charge < -0.3 is 4.74 Å². The van der Waals surface area contributed by atoms with Crippen LogP contribution in [0.4, 0.5) is 0 Å². The predicted octanol–water partition coefficient (Wildman–Crippen LogP) is 3.60. The highest BCUT2D eigenvalue weighted by Gasteiger charge is 2.18. The predicted molar refractivity (Wildman–Crippen MR) is 70.5 cm³/mol. The first-order chi connectivity index (χ1) is 8.58. The summed E-state index contributed by atoms with van der Waals surface area (Å²) in [5.74, 6) is 0.500. The third-order valence-corrected chi connectivity index (χ3v) is 2.69. The molecule has 0 aliphatic carbocycles. The van der Waals surface area contributed by atoms with Gasteiger partial charge in [0.05, 0.1) is 12.2 Å². The zero-order valence-corrected chi connectivity index (χ0v) is 11.1. The van der Waals surface area contributed by atoms with E-state index in [-0.39, 0.29) is 24.2 Å². The highest BCUT2D eigenvalue weighted by Crippen LogP contribution is 2.20. The number of rotatable bonds is 6. The maximum atomic E-state index is 12.2. The van der Waals surface area contributed by atoms with Crippen LogP contribution in [0.5, 0.6) is 5.75 Å². The fourth-order valence-electron chi connectivity index (χ4n) is 1.76. The van der Waals surface area contributed by atoms with Crippen molar-refractivity contribution in [2.24, 2.45) is 5.92 Å². The second-order valence-corrected chi connectivity index (χ2v) is 4.53. The van der Waals surface area contributed by atoms with Crippen LogP contribution in [0.2, 0.25) is 0 Å². The van der Waals surface area contributed by atoms with Crippen LogP contribution in [0.1, 0.15) is 44.0 Å². The van der Waals surface area contributed by atoms with Crippen molar-refractivity contribution in [3.8, 4) is 11.8 Å². The number of carbonyl (C=O) groups excluding carboxylic acids is 1. The van der Waals surface area contributed by atoms with Gasteiger partial charge >= 0.3 is 0 Å². The third-order valence-electron chi connectivity index (χ3n) is 2.69. The van der Waals surface area contributed by atoms with Crippen LogP contribution >= 0.6 is 0 Å². The van der Waals surface area contributed by atoms with Crippen LogP contribution in [0.25, 0.3) is 0 Å². The Bertz CT molecular complexity index is 446. The van der Waals surface area contributed by atoms with Crippen molar-refractivity contribution in [3.05, 3.63) is 29.8 Å².